The largest absolute Gasteiger partial charge is 0.479 e. The number of carboxylic acids is 1. The van der Waals surface area contributed by atoms with Crippen molar-refractivity contribution >= 4 is 12.1 Å². The van der Waals surface area contributed by atoms with Crippen molar-refractivity contribution in [2.75, 3.05) is 0 Å². The van der Waals surface area contributed by atoms with Crippen LogP contribution in [0.5, 0.6) is 0 Å². The Kier molecular flexibility index (Phi) is 4.55. The van der Waals surface area contributed by atoms with Crippen LogP contribution in [-0.2, 0) is 9.53 Å². The number of ether oxygens (including phenoxy) is 1. The second-order valence-corrected chi connectivity index (χ2v) is 4.92. The quantitative estimate of drug-likeness (QED) is 0.761. The number of nitrogens with one attached hydrogen (secondary N) is 1. The summed E-state index contributed by atoms with van der Waals surface area (Å²) in [6.07, 6.45) is -1.36. The van der Waals surface area contributed by atoms with Gasteiger partial charge in [0.25, 0.3) is 0 Å². The number of aliphatic carboxylic acids is 1. The molecule has 1 rings (SSSR count). The van der Waals surface area contributed by atoms with Crippen LogP contribution in [-0.4, -0.2) is 34.0 Å². The summed E-state index contributed by atoms with van der Waals surface area (Å²) < 4.78 is 10.0. The van der Waals surface area contributed by atoms with E-state index in [0.29, 0.717) is 0 Å². The molecule has 0 radical (unpaired) electrons. The normalized spacial score (nSPS) is 14.5. The number of amides is 1. The molecule has 0 aromatic carbocycles. The fourth-order valence-corrected chi connectivity index (χ4v) is 1.35. The highest BCUT2D eigenvalue weighted by Crippen LogP contribution is 2.19. The molecule has 1 aromatic rings. The van der Waals surface area contributed by atoms with Crippen LogP contribution >= 0.6 is 0 Å². The third kappa shape index (κ3) is 4.63. The van der Waals surface area contributed by atoms with Crippen molar-refractivity contribution in [2.24, 2.45) is 0 Å². The predicted octanol–water partition coefficient (Wildman–Crippen LogP) is 1.29. The molecular weight excluding hydrogens is 254 g/mol. The van der Waals surface area contributed by atoms with Gasteiger partial charge >= 0.3 is 12.1 Å². The van der Waals surface area contributed by atoms with Gasteiger partial charge in [-0.05, 0) is 32.9 Å². The minimum atomic E-state index is -1.83. The van der Waals surface area contributed by atoms with Gasteiger partial charge in [-0.15, -0.1) is 0 Å². The first-order chi connectivity index (χ1) is 8.70. The highest BCUT2D eigenvalue weighted by atomic mass is 16.6. The number of hydrogen-bond acceptors (Lipinski definition) is 5. The number of hydrogen-bond donors (Lipinski definition) is 3. The Hall–Kier alpha value is -2.02. The maximum atomic E-state index is 11.6. The summed E-state index contributed by atoms with van der Waals surface area (Å²) in [5, 5.41) is 20.7. The van der Waals surface area contributed by atoms with Gasteiger partial charge in [-0.2, -0.15) is 0 Å². The minimum absolute atomic E-state index is 0.126. The molecule has 2 atom stereocenters. The maximum absolute atomic E-state index is 11.6. The van der Waals surface area contributed by atoms with Crippen molar-refractivity contribution in [3.05, 3.63) is 24.2 Å². The third-order valence-corrected chi connectivity index (χ3v) is 2.09. The number of carbonyl (C=O) groups is 2. The van der Waals surface area contributed by atoms with E-state index in [0.717, 1.165) is 0 Å². The van der Waals surface area contributed by atoms with E-state index in [9.17, 15) is 14.7 Å². The van der Waals surface area contributed by atoms with Crippen molar-refractivity contribution in [3.8, 4) is 0 Å². The van der Waals surface area contributed by atoms with Gasteiger partial charge in [0.05, 0.1) is 6.26 Å². The zero-order valence-electron chi connectivity index (χ0n) is 10.9. The fraction of sp³-hybridized carbons (Fsp3) is 0.500. The number of aliphatic hydroxyl groups is 1. The molecule has 3 N–H and O–H groups in total. The minimum Gasteiger partial charge on any atom is -0.479 e. The maximum Gasteiger partial charge on any atom is 0.408 e. The standard InChI is InChI=1S/C12H17NO6/c1-12(2,3)19-11(17)13-8(9(14)10(15)16)7-5-4-6-18-7/h4-6,8-9,14H,1-3H3,(H,13,17)(H,15,16). The molecule has 0 aliphatic heterocycles. The van der Waals surface area contributed by atoms with Crippen molar-refractivity contribution in [1.82, 2.24) is 5.32 Å². The lowest BCUT2D eigenvalue weighted by Crippen LogP contribution is -2.42. The molecule has 2 unspecified atom stereocenters. The van der Waals surface area contributed by atoms with Crippen LogP contribution in [0, 0.1) is 0 Å². The SMILES string of the molecule is CC(C)(C)OC(=O)NC(c1ccco1)C(O)C(=O)O. The summed E-state index contributed by atoms with van der Waals surface area (Å²) in [6.45, 7) is 5.01. The summed E-state index contributed by atoms with van der Waals surface area (Å²) in [6, 6.07) is 1.75. The highest BCUT2D eigenvalue weighted by molar-refractivity contribution is 5.75. The molecule has 7 heteroatoms. The molecule has 0 aliphatic rings. The lowest BCUT2D eigenvalue weighted by Gasteiger charge is -2.23. The molecule has 0 fully saturated rings. The van der Waals surface area contributed by atoms with E-state index in [-0.39, 0.29) is 5.76 Å². The molecule has 106 valence electrons. The second-order valence-electron chi connectivity index (χ2n) is 4.92. The summed E-state index contributed by atoms with van der Waals surface area (Å²) in [4.78, 5) is 22.4. The molecule has 1 aromatic heterocycles. The van der Waals surface area contributed by atoms with Crippen LogP contribution in [0.15, 0.2) is 22.8 Å². The number of rotatable bonds is 4. The topological polar surface area (TPSA) is 109 Å². The zero-order valence-corrected chi connectivity index (χ0v) is 10.9. The second kappa shape index (κ2) is 5.75. The number of furan rings is 1. The lowest BCUT2D eigenvalue weighted by molar-refractivity contribution is -0.148. The summed E-state index contributed by atoms with van der Waals surface area (Å²) >= 11 is 0. The molecule has 0 saturated carbocycles. The third-order valence-electron chi connectivity index (χ3n) is 2.09. The van der Waals surface area contributed by atoms with Gasteiger partial charge in [0, 0.05) is 0 Å². The van der Waals surface area contributed by atoms with E-state index in [1.165, 1.54) is 18.4 Å². The van der Waals surface area contributed by atoms with Crippen molar-refractivity contribution in [1.29, 1.82) is 0 Å². The Morgan fingerprint density at radius 2 is 2.05 bits per heavy atom. The van der Waals surface area contributed by atoms with E-state index >= 15 is 0 Å². The van der Waals surface area contributed by atoms with Crippen LogP contribution in [0.2, 0.25) is 0 Å². The van der Waals surface area contributed by atoms with Crippen molar-refractivity contribution < 1.29 is 29.0 Å². The number of aliphatic hydroxyl groups excluding tert-OH is 1. The van der Waals surface area contributed by atoms with Crippen molar-refractivity contribution in [2.45, 2.75) is 38.5 Å². The molecule has 0 bridgehead atoms. The van der Waals surface area contributed by atoms with Gasteiger partial charge in [0.2, 0.25) is 0 Å². The number of carbonyl (C=O) groups excluding carboxylic acids is 1. The Morgan fingerprint density at radius 1 is 1.42 bits per heavy atom. The number of alkyl carbamates (subject to hydrolysis) is 1. The smallest absolute Gasteiger partial charge is 0.408 e. The van der Waals surface area contributed by atoms with Crippen LogP contribution in [0.3, 0.4) is 0 Å². The van der Waals surface area contributed by atoms with Gasteiger partial charge in [-0.25, -0.2) is 9.59 Å². The number of carboxylic acid groups (broad SMARTS) is 1. The predicted molar refractivity (Wildman–Crippen MR) is 64.5 cm³/mol. The molecule has 0 aliphatic carbocycles. The van der Waals surface area contributed by atoms with Crippen molar-refractivity contribution in [3.63, 3.8) is 0 Å². The molecule has 1 heterocycles. The molecule has 19 heavy (non-hydrogen) atoms. The van der Waals surface area contributed by atoms with Crippen LogP contribution in [0.4, 0.5) is 4.79 Å². The zero-order chi connectivity index (χ0) is 14.6. The van der Waals surface area contributed by atoms with Crippen LogP contribution < -0.4 is 5.32 Å². The first-order valence-electron chi connectivity index (χ1n) is 5.64. The Morgan fingerprint density at radius 3 is 2.47 bits per heavy atom. The van der Waals surface area contributed by atoms with E-state index < -0.39 is 29.8 Å². The Labute approximate surface area is 110 Å². The van der Waals surface area contributed by atoms with Gasteiger partial charge < -0.3 is 24.7 Å². The molecular formula is C12H17NO6. The average molecular weight is 271 g/mol. The Bertz CT molecular complexity index is 434. The Balaban J connectivity index is 2.82. The van der Waals surface area contributed by atoms with E-state index in [4.69, 9.17) is 14.3 Å². The van der Waals surface area contributed by atoms with Crippen LogP contribution in [0.25, 0.3) is 0 Å². The van der Waals surface area contributed by atoms with Gasteiger partial charge in [-0.1, -0.05) is 0 Å². The monoisotopic (exact) mass is 271 g/mol. The first kappa shape index (κ1) is 15.0. The summed E-state index contributed by atoms with van der Waals surface area (Å²) in [5.74, 6) is -1.35. The molecule has 0 spiro atoms. The highest BCUT2D eigenvalue weighted by Gasteiger charge is 2.32. The van der Waals surface area contributed by atoms with E-state index in [2.05, 4.69) is 5.32 Å². The molecule has 0 saturated heterocycles. The first-order valence-corrected chi connectivity index (χ1v) is 5.64. The molecule has 1 amide bonds. The van der Waals surface area contributed by atoms with Gasteiger partial charge in [-0.3, -0.25) is 0 Å². The van der Waals surface area contributed by atoms with E-state index in [1.807, 2.05) is 0 Å². The average Bonchev–Trinajstić information content (AvgIpc) is 2.75. The summed E-state index contributed by atoms with van der Waals surface area (Å²) in [7, 11) is 0. The lowest BCUT2D eigenvalue weighted by atomic mass is 10.1. The molecule has 7 nitrogen and oxygen atoms in total. The van der Waals surface area contributed by atoms with Gasteiger partial charge in [0.15, 0.2) is 6.10 Å². The van der Waals surface area contributed by atoms with Crippen LogP contribution in [0.1, 0.15) is 32.6 Å². The fourth-order valence-electron chi connectivity index (χ4n) is 1.35. The summed E-state index contributed by atoms with van der Waals surface area (Å²) in [5.41, 5.74) is -0.730. The van der Waals surface area contributed by atoms with Gasteiger partial charge in [0.1, 0.15) is 17.4 Å². The van der Waals surface area contributed by atoms with E-state index in [1.54, 1.807) is 20.8 Å².